The maximum atomic E-state index is 5.69. The van der Waals surface area contributed by atoms with Gasteiger partial charge in [-0.25, -0.2) is 0 Å². The molecule has 0 amide bonds. The van der Waals surface area contributed by atoms with Gasteiger partial charge in [-0.1, -0.05) is 30.3 Å². The van der Waals surface area contributed by atoms with Crippen LogP contribution in [-0.2, 0) is 16.1 Å². The Hall–Kier alpha value is -0.900. The first-order chi connectivity index (χ1) is 9.34. The summed E-state index contributed by atoms with van der Waals surface area (Å²) in [5.41, 5.74) is 1.25. The Morgan fingerprint density at radius 2 is 2.16 bits per heavy atom. The molecule has 1 aliphatic heterocycles. The Balaban J connectivity index is 1.49. The van der Waals surface area contributed by atoms with Gasteiger partial charge >= 0.3 is 0 Å². The Kier molecular flexibility index (Phi) is 6.34. The molecule has 1 saturated heterocycles. The van der Waals surface area contributed by atoms with Crippen molar-refractivity contribution < 1.29 is 9.47 Å². The molecule has 3 nitrogen and oxygen atoms in total. The molecule has 1 fully saturated rings. The van der Waals surface area contributed by atoms with Crippen molar-refractivity contribution in [3.8, 4) is 0 Å². The molecule has 2 rings (SSSR count). The highest BCUT2D eigenvalue weighted by molar-refractivity contribution is 5.13. The van der Waals surface area contributed by atoms with Crippen LogP contribution in [0.25, 0.3) is 0 Å². The predicted molar refractivity (Wildman–Crippen MR) is 77.1 cm³/mol. The summed E-state index contributed by atoms with van der Waals surface area (Å²) in [6.45, 7) is 5.69. The van der Waals surface area contributed by atoms with Crippen LogP contribution in [0.1, 0.15) is 18.4 Å². The molecule has 0 unspecified atom stereocenters. The van der Waals surface area contributed by atoms with Crippen molar-refractivity contribution in [2.45, 2.75) is 19.4 Å². The second kappa shape index (κ2) is 8.31. The zero-order valence-corrected chi connectivity index (χ0v) is 11.9. The summed E-state index contributed by atoms with van der Waals surface area (Å²) >= 11 is 0. The van der Waals surface area contributed by atoms with E-state index in [2.05, 4.69) is 36.2 Å². The molecular weight excluding hydrogens is 238 g/mol. The van der Waals surface area contributed by atoms with E-state index in [4.69, 9.17) is 9.47 Å². The molecule has 1 atom stereocenters. The number of benzene rings is 1. The summed E-state index contributed by atoms with van der Waals surface area (Å²) in [7, 11) is 2.19. The molecule has 0 bridgehead atoms. The molecule has 1 heterocycles. The van der Waals surface area contributed by atoms with E-state index in [-0.39, 0.29) is 0 Å². The van der Waals surface area contributed by atoms with Crippen LogP contribution in [0.15, 0.2) is 30.3 Å². The minimum absolute atomic E-state index is 0.723. The second-order valence-corrected chi connectivity index (χ2v) is 5.38. The summed E-state index contributed by atoms with van der Waals surface area (Å²) in [5, 5.41) is 0. The summed E-state index contributed by atoms with van der Waals surface area (Å²) < 4.78 is 11.1. The van der Waals surface area contributed by atoms with Crippen LogP contribution < -0.4 is 0 Å². The lowest BCUT2D eigenvalue weighted by molar-refractivity contribution is 0.108. The van der Waals surface area contributed by atoms with Gasteiger partial charge in [0.25, 0.3) is 0 Å². The van der Waals surface area contributed by atoms with Crippen LogP contribution in [0, 0.1) is 5.92 Å². The fourth-order valence-electron chi connectivity index (χ4n) is 2.46. The molecular formula is C16H25NO2. The Morgan fingerprint density at radius 1 is 1.32 bits per heavy atom. The quantitative estimate of drug-likeness (QED) is 0.673. The highest BCUT2D eigenvalue weighted by Crippen LogP contribution is 2.13. The van der Waals surface area contributed by atoms with Gasteiger partial charge < -0.3 is 14.4 Å². The molecule has 1 aromatic carbocycles. The molecule has 1 aromatic rings. The summed E-state index contributed by atoms with van der Waals surface area (Å²) in [5.74, 6) is 0.732. The van der Waals surface area contributed by atoms with Crippen molar-refractivity contribution >= 4 is 0 Å². The fourth-order valence-corrected chi connectivity index (χ4v) is 2.46. The third-order valence-electron chi connectivity index (χ3n) is 3.53. The van der Waals surface area contributed by atoms with Crippen LogP contribution in [0.4, 0.5) is 0 Å². The van der Waals surface area contributed by atoms with E-state index in [0.29, 0.717) is 0 Å². The van der Waals surface area contributed by atoms with E-state index in [1.807, 2.05) is 6.07 Å². The number of ether oxygens (including phenoxy) is 2. The highest BCUT2D eigenvalue weighted by Gasteiger charge is 2.16. The molecule has 1 aliphatic rings. The van der Waals surface area contributed by atoms with Gasteiger partial charge in [-0.2, -0.15) is 0 Å². The first-order valence-corrected chi connectivity index (χ1v) is 7.22. The predicted octanol–water partition coefficient (Wildman–Crippen LogP) is 2.56. The summed E-state index contributed by atoms with van der Waals surface area (Å²) in [6.07, 6.45) is 2.31. The molecule has 19 heavy (non-hydrogen) atoms. The van der Waals surface area contributed by atoms with Crippen LogP contribution in [0.3, 0.4) is 0 Å². The third-order valence-corrected chi connectivity index (χ3v) is 3.53. The molecule has 0 radical (unpaired) electrons. The second-order valence-electron chi connectivity index (χ2n) is 5.38. The topological polar surface area (TPSA) is 21.7 Å². The lowest BCUT2D eigenvalue weighted by atomic mass is 10.1. The van der Waals surface area contributed by atoms with Crippen molar-refractivity contribution in [3.63, 3.8) is 0 Å². The Morgan fingerprint density at radius 3 is 2.89 bits per heavy atom. The molecule has 106 valence electrons. The Labute approximate surface area is 116 Å². The van der Waals surface area contributed by atoms with E-state index >= 15 is 0 Å². The summed E-state index contributed by atoms with van der Waals surface area (Å²) in [6, 6.07) is 10.3. The van der Waals surface area contributed by atoms with Gasteiger partial charge in [-0.05, 0) is 31.4 Å². The molecule has 0 spiro atoms. The maximum absolute atomic E-state index is 5.69. The van der Waals surface area contributed by atoms with Crippen molar-refractivity contribution in [2.24, 2.45) is 5.92 Å². The van der Waals surface area contributed by atoms with E-state index in [9.17, 15) is 0 Å². The van der Waals surface area contributed by atoms with Crippen molar-refractivity contribution in [2.75, 3.05) is 40.0 Å². The zero-order chi connectivity index (χ0) is 13.3. The van der Waals surface area contributed by atoms with Gasteiger partial charge in [0.15, 0.2) is 0 Å². The largest absolute Gasteiger partial charge is 0.381 e. The third kappa shape index (κ3) is 5.72. The first-order valence-electron chi connectivity index (χ1n) is 7.22. The van der Waals surface area contributed by atoms with Crippen LogP contribution in [0.5, 0.6) is 0 Å². The molecule has 0 aliphatic carbocycles. The number of hydrogen-bond acceptors (Lipinski definition) is 3. The smallest absolute Gasteiger partial charge is 0.0716 e. The van der Waals surface area contributed by atoms with Crippen molar-refractivity contribution in [3.05, 3.63) is 35.9 Å². The lowest BCUT2D eigenvalue weighted by Crippen LogP contribution is -2.27. The normalized spacial score (nSPS) is 19.2. The standard InChI is InChI=1S/C16H25NO2/c1-17(12-16-8-11-19-14-16)9-5-10-18-13-15-6-3-2-4-7-15/h2-4,6-7,16H,5,8-14H2,1H3/t16-/m1/s1. The van der Waals surface area contributed by atoms with Crippen LogP contribution >= 0.6 is 0 Å². The average Bonchev–Trinajstić information content (AvgIpc) is 2.92. The SMILES string of the molecule is CN(CCCOCc1ccccc1)C[C@H]1CCOC1. The number of rotatable bonds is 8. The molecule has 0 aromatic heterocycles. The maximum Gasteiger partial charge on any atom is 0.0716 e. The van der Waals surface area contributed by atoms with Gasteiger partial charge in [0, 0.05) is 26.3 Å². The van der Waals surface area contributed by atoms with Crippen molar-refractivity contribution in [1.82, 2.24) is 4.90 Å². The minimum atomic E-state index is 0.723. The number of nitrogens with zero attached hydrogens (tertiary/aromatic N) is 1. The summed E-state index contributed by atoms with van der Waals surface area (Å²) in [4.78, 5) is 2.39. The monoisotopic (exact) mass is 263 g/mol. The van der Waals surface area contributed by atoms with Crippen molar-refractivity contribution in [1.29, 1.82) is 0 Å². The van der Waals surface area contributed by atoms with E-state index in [1.54, 1.807) is 0 Å². The van der Waals surface area contributed by atoms with E-state index in [0.717, 1.165) is 51.9 Å². The van der Waals surface area contributed by atoms with E-state index < -0.39 is 0 Å². The van der Waals surface area contributed by atoms with Gasteiger partial charge in [-0.3, -0.25) is 0 Å². The molecule has 0 saturated carbocycles. The van der Waals surface area contributed by atoms with E-state index in [1.165, 1.54) is 12.0 Å². The van der Waals surface area contributed by atoms with Crippen LogP contribution in [-0.4, -0.2) is 44.9 Å². The number of hydrogen-bond donors (Lipinski definition) is 0. The lowest BCUT2D eigenvalue weighted by Gasteiger charge is -2.19. The highest BCUT2D eigenvalue weighted by atomic mass is 16.5. The molecule has 3 heteroatoms. The van der Waals surface area contributed by atoms with Gasteiger partial charge in [0.05, 0.1) is 13.2 Å². The fraction of sp³-hybridized carbons (Fsp3) is 0.625. The average molecular weight is 263 g/mol. The Bertz CT molecular complexity index is 336. The zero-order valence-electron chi connectivity index (χ0n) is 11.9. The first kappa shape index (κ1) is 14.5. The van der Waals surface area contributed by atoms with Crippen LogP contribution in [0.2, 0.25) is 0 Å². The van der Waals surface area contributed by atoms with Gasteiger partial charge in [0.2, 0.25) is 0 Å². The minimum Gasteiger partial charge on any atom is -0.381 e. The van der Waals surface area contributed by atoms with Gasteiger partial charge in [-0.15, -0.1) is 0 Å². The van der Waals surface area contributed by atoms with Gasteiger partial charge in [0.1, 0.15) is 0 Å². The molecule has 0 N–H and O–H groups in total.